The molecule has 0 bridgehead atoms. The van der Waals surface area contributed by atoms with Gasteiger partial charge in [-0.15, -0.1) is 0 Å². The van der Waals surface area contributed by atoms with Crippen LogP contribution in [-0.4, -0.2) is 51.2 Å². The summed E-state index contributed by atoms with van der Waals surface area (Å²) in [6.07, 6.45) is 6.93. The third kappa shape index (κ3) is 3.67. The van der Waals surface area contributed by atoms with Crippen LogP contribution in [-0.2, 0) is 14.2 Å². The van der Waals surface area contributed by atoms with E-state index in [9.17, 15) is 0 Å². The van der Waals surface area contributed by atoms with E-state index in [-0.39, 0.29) is 12.2 Å². The summed E-state index contributed by atoms with van der Waals surface area (Å²) in [7, 11) is 1.77. The molecule has 0 aromatic heterocycles. The van der Waals surface area contributed by atoms with Gasteiger partial charge in [-0.25, -0.2) is 0 Å². The van der Waals surface area contributed by atoms with Crippen LogP contribution in [0.25, 0.3) is 0 Å². The van der Waals surface area contributed by atoms with Gasteiger partial charge in [0.2, 0.25) is 0 Å². The molecule has 0 aromatic carbocycles. The van der Waals surface area contributed by atoms with E-state index >= 15 is 0 Å². The smallest absolute Gasteiger partial charge is 0.0986 e. The number of methoxy groups -OCH3 is 1. The van der Waals surface area contributed by atoms with Crippen LogP contribution < -0.4 is 5.32 Å². The van der Waals surface area contributed by atoms with Gasteiger partial charge in [-0.3, -0.25) is 0 Å². The Hall–Kier alpha value is -0.160. The highest BCUT2D eigenvalue weighted by Gasteiger charge is 2.41. The van der Waals surface area contributed by atoms with Crippen molar-refractivity contribution in [1.82, 2.24) is 5.32 Å². The monoisotopic (exact) mass is 257 g/mol. The fraction of sp³-hybridized carbons (Fsp3) is 1.00. The molecule has 2 rings (SSSR count). The van der Waals surface area contributed by atoms with Crippen molar-refractivity contribution in [2.24, 2.45) is 0 Å². The SMILES string of the molecule is CCOC1CC(NCCC2CCCCO2)C1OC. The number of rotatable bonds is 7. The van der Waals surface area contributed by atoms with Crippen molar-refractivity contribution in [3.05, 3.63) is 0 Å². The summed E-state index contributed by atoms with van der Waals surface area (Å²) in [5.74, 6) is 0. The average molecular weight is 257 g/mol. The standard InChI is InChI=1S/C14H27NO3/c1-3-17-13-10-12(14(13)16-2)15-8-7-11-6-4-5-9-18-11/h11-15H,3-10H2,1-2H3. The minimum Gasteiger partial charge on any atom is -0.378 e. The molecule has 4 unspecified atom stereocenters. The second kappa shape index (κ2) is 7.43. The Kier molecular flexibility index (Phi) is 5.89. The highest BCUT2D eigenvalue weighted by Crippen LogP contribution is 2.27. The Morgan fingerprint density at radius 1 is 1.33 bits per heavy atom. The van der Waals surface area contributed by atoms with Crippen molar-refractivity contribution in [2.45, 2.75) is 63.4 Å². The van der Waals surface area contributed by atoms with E-state index < -0.39 is 0 Å². The van der Waals surface area contributed by atoms with Crippen LogP contribution in [0, 0.1) is 0 Å². The molecule has 1 N–H and O–H groups in total. The van der Waals surface area contributed by atoms with Crippen molar-refractivity contribution < 1.29 is 14.2 Å². The van der Waals surface area contributed by atoms with Crippen molar-refractivity contribution in [2.75, 3.05) is 26.9 Å². The lowest BCUT2D eigenvalue weighted by Gasteiger charge is -2.43. The first-order valence-electron chi connectivity index (χ1n) is 7.34. The molecule has 1 aliphatic heterocycles. The lowest BCUT2D eigenvalue weighted by atomic mass is 9.85. The van der Waals surface area contributed by atoms with Crippen molar-refractivity contribution in [3.8, 4) is 0 Å². The quantitative estimate of drug-likeness (QED) is 0.754. The van der Waals surface area contributed by atoms with Gasteiger partial charge in [0.05, 0.1) is 18.3 Å². The van der Waals surface area contributed by atoms with Gasteiger partial charge in [-0.1, -0.05) is 0 Å². The number of nitrogens with one attached hydrogen (secondary N) is 1. The maximum Gasteiger partial charge on any atom is 0.0986 e. The minimum absolute atomic E-state index is 0.220. The molecule has 1 saturated carbocycles. The molecule has 1 heterocycles. The normalized spacial score (nSPS) is 36.3. The van der Waals surface area contributed by atoms with E-state index in [1.807, 2.05) is 6.92 Å². The van der Waals surface area contributed by atoms with Crippen molar-refractivity contribution >= 4 is 0 Å². The van der Waals surface area contributed by atoms with E-state index in [2.05, 4.69) is 5.32 Å². The highest BCUT2D eigenvalue weighted by molar-refractivity contribution is 4.97. The molecule has 0 amide bonds. The van der Waals surface area contributed by atoms with Crippen LogP contribution in [0.2, 0.25) is 0 Å². The second-order valence-corrected chi connectivity index (χ2v) is 5.27. The third-order valence-electron chi connectivity index (χ3n) is 4.05. The van der Waals surface area contributed by atoms with Gasteiger partial charge < -0.3 is 19.5 Å². The molecule has 2 fully saturated rings. The minimum atomic E-state index is 0.220. The van der Waals surface area contributed by atoms with Gasteiger partial charge in [0.15, 0.2) is 0 Å². The second-order valence-electron chi connectivity index (χ2n) is 5.27. The zero-order valence-corrected chi connectivity index (χ0v) is 11.7. The Morgan fingerprint density at radius 3 is 2.89 bits per heavy atom. The predicted octanol–water partition coefficient (Wildman–Crippen LogP) is 1.73. The van der Waals surface area contributed by atoms with E-state index in [1.54, 1.807) is 7.11 Å². The Labute approximate surface area is 110 Å². The molecular formula is C14H27NO3. The van der Waals surface area contributed by atoms with E-state index in [0.717, 1.165) is 32.6 Å². The summed E-state index contributed by atoms with van der Waals surface area (Å²) in [5, 5.41) is 3.57. The molecule has 0 spiro atoms. The predicted molar refractivity (Wildman–Crippen MR) is 70.8 cm³/mol. The molecule has 1 aliphatic carbocycles. The number of ether oxygens (including phenoxy) is 3. The summed E-state index contributed by atoms with van der Waals surface area (Å²) >= 11 is 0. The molecule has 1 saturated heterocycles. The molecule has 0 aromatic rings. The molecule has 4 atom stereocenters. The largest absolute Gasteiger partial charge is 0.378 e. The maximum atomic E-state index is 5.73. The summed E-state index contributed by atoms with van der Waals surface area (Å²) in [6.45, 7) is 4.77. The Morgan fingerprint density at radius 2 is 2.22 bits per heavy atom. The topological polar surface area (TPSA) is 39.7 Å². The lowest BCUT2D eigenvalue weighted by Crippen LogP contribution is -2.60. The molecule has 4 heteroatoms. The van der Waals surface area contributed by atoms with Gasteiger partial charge in [-0.2, -0.15) is 0 Å². The van der Waals surface area contributed by atoms with E-state index in [4.69, 9.17) is 14.2 Å². The van der Waals surface area contributed by atoms with Crippen LogP contribution in [0.15, 0.2) is 0 Å². The fourth-order valence-corrected chi connectivity index (χ4v) is 2.94. The van der Waals surface area contributed by atoms with Gasteiger partial charge >= 0.3 is 0 Å². The van der Waals surface area contributed by atoms with E-state index in [0.29, 0.717) is 12.1 Å². The van der Waals surface area contributed by atoms with Gasteiger partial charge in [-0.05, 0) is 45.6 Å². The third-order valence-corrected chi connectivity index (χ3v) is 4.05. The van der Waals surface area contributed by atoms with Crippen molar-refractivity contribution in [1.29, 1.82) is 0 Å². The first-order chi connectivity index (χ1) is 8.85. The van der Waals surface area contributed by atoms with Crippen LogP contribution in [0.5, 0.6) is 0 Å². The molecule has 0 radical (unpaired) electrons. The summed E-state index contributed by atoms with van der Waals surface area (Å²) < 4.78 is 16.8. The zero-order chi connectivity index (χ0) is 12.8. The summed E-state index contributed by atoms with van der Waals surface area (Å²) in [5.41, 5.74) is 0. The van der Waals surface area contributed by atoms with Gasteiger partial charge in [0.1, 0.15) is 0 Å². The first kappa shape index (κ1) is 14.3. The van der Waals surface area contributed by atoms with Crippen LogP contribution in [0.4, 0.5) is 0 Å². The molecule has 2 aliphatic rings. The fourth-order valence-electron chi connectivity index (χ4n) is 2.94. The lowest BCUT2D eigenvalue weighted by molar-refractivity contribution is -0.131. The first-order valence-corrected chi connectivity index (χ1v) is 7.34. The Balaban J connectivity index is 1.59. The summed E-state index contributed by atoms with van der Waals surface area (Å²) in [4.78, 5) is 0. The average Bonchev–Trinajstić information content (AvgIpc) is 2.38. The molecule has 106 valence electrons. The van der Waals surface area contributed by atoms with Crippen LogP contribution in [0.3, 0.4) is 0 Å². The molecule has 18 heavy (non-hydrogen) atoms. The van der Waals surface area contributed by atoms with E-state index in [1.165, 1.54) is 19.3 Å². The summed E-state index contributed by atoms with van der Waals surface area (Å²) in [6, 6.07) is 0.454. The van der Waals surface area contributed by atoms with Crippen LogP contribution in [0.1, 0.15) is 39.0 Å². The Bertz CT molecular complexity index is 231. The van der Waals surface area contributed by atoms with Gasteiger partial charge in [0.25, 0.3) is 0 Å². The van der Waals surface area contributed by atoms with Crippen molar-refractivity contribution in [3.63, 3.8) is 0 Å². The number of hydrogen-bond donors (Lipinski definition) is 1. The molecule has 4 nitrogen and oxygen atoms in total. The zero-order valence-electron chi connectivity index (χ0n) is 11.7. The van der Waals surface area contributed by atoms with Gasteiger partial charge in [0, 0.05) is 26.4 Å². The molecular weight excluding hydrogens is 230 g/mol. The maximum absolute atomic E-state index is 5.73. The van der Waals surface area contributed by atoms with Crippen LogP contribution >= 0.6 is 0 Å². The highest BCUT2D eigenvalue weighted by atomic mass is 16.5. The number of hydrogen-bond acceptors (Lipinski definition) is 4.